The first-order valence-corrected chi connectivity index (χ1v) is 6.27. The zero-order valence-corrected chi connectivity index (χ0v) is 9.93. The van der Waals surface area contributed by atoms with Crippen LogP contribution in [0.3, 0.4) is 0 Å². The molecule has 4 nitrogen and oxygen atoms in total. The van der Waals surface area contributed by atoms with Gasteiger partial charge in [-0.15, -0.1) is 0 Å². The molecule has 0 unspecified atom stereocenters. The summed E-state index contributed by atoms with van der Waals surface area (Å²) in [5.41, 5.74) is 0.539. The quantitative estimate of drug-likeness (QED) is 0.905. The molecule has 0 spiro atoms. The number of nitrogens with two attached hydrogens (primary N) is 1. The Morgan fingerprint density at radius 1 is 1.50 bits per heavy atom. The van der Waals surface area contributed by atoms with Crippen LogP contribution in [0, 0.1) is 0 Å². The van der Waals surface area contributed by atoms with Gasteiger partial charge in [0.1, 0.15) is 5.75 Å². The molecule has 0 atom stereocenters. The lowest BCUT2D eigenvalue weighted by molar-refractivity contribution is 0.410. The number of methoxy groups -OCH3 is 1. The van der Waals surface area contributed by atoms with Gasteiger partial charge in [0.05, 0.1) is 12.9 Å². The third kappa shape index (κ3) is 2.97. The average Bonchev–Trinajstić information content (AvgIpc) is 2.06. The highest BCUT2D eigenvalue weighted by Gasteiger charge is 2.13. The van der Waals surface area contributed by atoms with E-state index in [0.29, 0.717) is 15.8 Å². The van der Waals surface area contributed by atoms with Crippen LogP contribution in [0.25, 0.3) is 0 Å². The van der Waals surface area contributed by atoms with Crippen LogP contribution in [0.5, 0.6) is 5.75 Å². The first kappa shape index (κ1) is 11.5. The SMILES string of the molecule is COc1cccc(Br)c1CS(N)(=O)=O. The van der Waals surface area contributed by atoms with Crippen molar-refractivity contribution in [2.24, 2.45) is 5.14 Å². The van der Waals surface area contributed by atoms with Crippen LogP contribution >= 0.6 is 15.9 Å². The molecule has 0 fully saturated rings. The van der Waals surface area contributed by atoms with E-state index in [0.717, 1.165) is 0 Å². The van der Waals surface area contributed by atoms with E-state index in [1.165, 1.54) is 7.11 Å². The Morgan fingerprint density at radius 3 is 2.64 bits per heavy atom. The van der Waals surface area contributed by atoms with Crippen molar-refractivity contribution in [1.29, 1.82) is 0 Å². The maximum atomic E-state index is 10.9. The monoisotopic (exact) mass is 279 g/mol. The zero-order valence-electron chi connectivity index (χ0n) is 7.53. The molecule has 0 aliphatic heterocycles. The van der Waals surface area contributed by atoms with Gasteiger partial charge >= 0.3 is 0 Å². The molecular weight excluding hydrogens is 270 g/mol. The van der Waals surface area contributed by atoms with E-state index in [1.807, 2.05) is 0 Å². The highest BCUT2D eigenvalue weighted by atomic mass is 79.9. The Morgan fingerprint density at radius 2 is 2.14 bits per heavy atom. The fourth-order valence-corrected chi connectivity index (χ4v) is 2.45. The summed E-state index contributed by atoms with van der Waals surface area (Å²) in [6.45, 7) is 0. The third-order valence-electron chi connectivity index (χ3n) is 1.64. The second-order valence-corrected chi connectivity index (χ2v) is 5.20. The van der Waals surface area contributed by atoms with Crippen LogP contribution in [0.4, 0.5) is 0 Å². The summed E-state index contributed by atoms with van der Waals surface area (Å²) in [5, 5.41) is 4.96. The minimum absolute atomic E-state index is 0.238. The van der Waals surface area contributed by atoms with Gasteiger partial charge in [-0.05, 0) is 12.1 Å². The van der Waals surface area contributed by atoms with Gasteiger partial charge in [-0.2, -0.15) is 0 Å². The molecule has 14 heavy (non-hydrogen) atoms. The summed E-state index contributed by atoms with van der Waals surface area (Å²) in [5.74, 6) is 0.269. The Labute approximate surface area is 91.2 Å². The fourth-order valence-electron chi connectivity index (χ4n) is 1.07. The van der Waals surface area contributed by atoms with Gasteiger partial charge in [0.25, 0.3) is 0 Å². The number of sulfonamides is 1. The zero-order chi connectivity index (χ0) is 10.8. The normalized spacial score (nSPS) is 11.4. The molecule has 0 aromatic heterocycles. The van der Waals surface area contributed by atoms with Gasteiger partial charge in [-0.1, -0.05) is 22.0 Å². The molecule has 1 aromatic carbocycles. The number of halogens is 1. The fraction of sp³-hybridized carbons (Fsp3) is 0.250. The molecule has 0 saturated carbocycles. The summed E-state index contributed by atoms with van der Waals surface area (Å²) >= 11 is 3.24. The minimum atomic E-state index is -3.54. The lowest BCUT2D eigenvalue weighted by Gasteiger charge is -2.08. The first-order valence-electron chi connectivity index (χ1n) is 3.76. The van der Waals surface area contributed by atoms with Crippen molar-refractivity contribution < 1.29 is 13.2 Å². The van der Waals surface area contributed by atoms with Crippen LogP contribution < -0.4 is 9.88 Å². The van der Waals surface area contributed by atoms with E-state index >= 15 is 0 Å². The van der Waals surface area contributed by atoms with Crippen LogP contribution in [0.15, 0.2) is 22.7 Å². The van der Waals surface area contributed by atoms with Gasteiger partial charge in [0.2, 0.25) is 10.0 Å². The Kier molecular flexibility index (Phi) is 3.52. The molecule has 1 aromatic rings. The van der Waals surface area contributed by atoms with Gasteiger partial charge in [0.15, 0.2) is 0 Å². The number of benzene rings is 1. The van der Waals surface area contributed by atoms with E-state index in [9.17, 15) is 8.42 Å². The topological polar surface area (TPSA) is 69.4 Å². The standard InChI is InChI=1S/C8H10BrNO3S/c1-13-8-4-2-3-7(9)6(8)5-14(10,11)12/h2-4H,5H2,1H3,(H2,10,11,12). The summed E-state index contributed by atoms with van der Waals surface area (Å²) in [4.78, 5) is 0. The summed E-state index contributed by atoms with van der Waals surface area (Å²) in [6.07, 6.45) is 0. The number of hydrogen-bond acceptors (Lipinski definition) is 3. The summed E-state index contributed by atoms with van der Waals surface area (Å²) in [7, 11) is -2.06. The second-order valence-electron chi connectivity index (χ2n) is 2.73. The van der Waals surface area contributed by atoms with Crippen molar-refractivity contribution in [2.45, 2.75) is 5.75 Å². The van der Waals surface area contributed by atoms with Crippen molar-refractivity contribution in [3.8, 4) is 5.75 Å². The Hall–Kier alpha value is -0.590. The smallest absolute Gasteiger partial charge is 0.213 e. The molecule has 0 aliphatic carbocycles. The molecule has 0 radical (unpaired) electrons. The highest BCUT2D eigenvalue weighted by Crippen LogP contribution is 2.27. The molecule has 0 aliphatic rings. The van der Waals surface area contributed by atoms with Gasteiger partial charge in [0, 0.05) is 10.0 Å². The predicted octanol–water partition coefficient (Wildman–Crippen LogP) is 1.25. The van der Waals surface area contributed by atoms with Crippen LogP contribution in [0.2, 0.25) is 0 Å². The molecule has 6 heteroatoms. The first-order chi connectivity index (χ1) is 6.44. The van der Waals surface area contributed by atoms with E-state index < -0.39 is 10.0 Å². The Bertz CT molecular complexity index is 430. The molecule has 78 valence electrons. The van der Waals surface area contributed by atoms with Crippen molar-refractivity contribution >= 4 is 26.0 Å². The highest BCUT2D eigenvalue weighted by molar-refractivity contribution is 9.10. The second kappa shape index (κ2) is 4.29. The molecule has 0 saturated heterocycles. The number of ether oxygens (including phenoxy) is 1. The van der Waals surface area contributed by atoms with Crippen LogP contribution in [0.1, 0.15) is 5.56 Å². The lowest BCUT2D eigenvalue weighted by Crippen LogP contribution is -2.15. The van der Waals surface area contributed by atoms with Crippen molar-refractivity contribution in [2.75, 3.05) is 7.11 Å². The minimum Gasteiger partial charge on any atom is -0.496 e. The van der Waals surface area contributed by atoms with Crippen molar-refractivity contribution in [3.05, 3.63) is 28.2 Å². The number of rotatable bonds is 3. The Balaban J connectivity index is 3.18. The molecule has 1 rings (SSSR count). The van der Waals surface area contributed by atoms with Gasteiger partial charge in [-0.3, -0.25) is 0 Å². The maximum Gasteiger partial charge on any atom is 0.213 e. The number of primary sulfonamides is 1. The van der Waals surface area contributed by atoms with E-state index in [2.05, 4.69) is 15.9 Å². The van der Waals surface area contributed by atoms with Crippen molar-refractivity contribution in [3.63, 3.8) is 0 Å². The molecule has 0 heterocycles. The average molecular weight is 280 g/mol. The van der Waals surface area contributed by atoms with Crippen LogP contribution in [-0.4, -0.2) is 15.5 Å². The molecule has 0 bridgehead atoms. The maximum absolute atomic E-state index is 10.9. The van der Waals surface area contributed by atoms with E-state index in [1.54, 1.807) is 18.2 Å². The van der Waals surface area contributed by atoms with Gasteiger partial charge < -0.3 is 4.74 Å². The van der Waals surface area contributed by atoms with E-state index in [4.69, 9.17) is 9.88 Å². The van der Waals surface area contributed by atoms with E-state index in [-0.39, 0.29) is 5.75 Å². The molecule has 0 amide bonds. The lowest BCUT2D eigenvalue weighted by atomic mass is 10.2. The van der Waals surface area contributed by atoms with Gasteiger partial charge in [-0.25, -0.2) is 13.6 Å². The largest absolute Gasteiger partial charge is 0.496 e. The number of hydrogen-bond donors (Lipinski definition) is 1. The van der Waals surface area contributed by atoms with Crippen molar-refractivity contribution in [1.82, 2.24) is 0 Å². The summed E-state index contributed by atoms with van der Waals surface area (Å²) in [6, 6.07) is 5.18. The predicted molar refractivity (Wildman–Crippen MR) is 57.5 cm³/mol. The molecular formula is C8H10BrNO3S. The van der Waals surface area contributed by atoms with Crippen LogP contribution in [-0.2, 0) is 15.8 Å². The molecule has 2 N–H and O–H groups in total. The third-order valence-corrected chi connectivity index (χ3v) is 3.08. The summed E-state index contributed by atoms with van der Waals surface area (Å²) < 4.78 is 27.5.